The highest BCUT2D eigenvalue weighted by molar-refractivity contribution is 7.84. The summed E-state index contributed by atoms with van der Waals surface area (Å²) >= 11 is 0. The van der Waals surface area contributed by atoms with E-state index in [4.69, 9.17) is 4.74 Å². The third-order valence-electron chi connectivity index (χ3n) is 8.36. The Morgan fingerprint density at radius 2 is 1.76 bits per heavy atom. The van der Waals surface area contributed by atoms with Crippen molar-refractivity contribution >= 4 is 28.7 Å². The lowest BCUT2D eigenvalue weighted by Crippen LogP contribution is -2.49. The van der Waals surface area contributed by atoms with Gasteiger partial charge in [0.2, 0.25) is 0 Å². The number of anilines is 1. The smallest absolute Gasteiger partial charge is 0.407 e. The number of amides is 2. The first-order chi connectivity index (χ1) is 23.5. The van der Waals surface area contributed by atoms with Gasteiger partial charge in [-0.05, 0) is 120 Å². The monoisotopic (exact) mass is 702 g/mol. The number of alkyl carbamates (subject to hydrolysis) is 1. The molecular weight excluding hydrogens is 656 g/mol. The Morgan fingerprint density at radius 3 is 2.42 bits per heavy atom. The van der Waals surface area contributed by atoms with Crippen LogP contribution in [0.25, 0.3) is 5.69 Å². The minimum absolute atomic E-state index is 0.0174. The number of aromatic nitrogens is 3. The van der Waals surface area contributed by atoms with E-state index in [1.165, 1.54) is 10.7 Å². The summed E-state index contributed by atoms with van der Waals surface area (Å²) in [5.74, 6) is -0.597. The van der Waals surface area contributed by atoms with Gasteiger partial charge >= 0.3 is 6.09 Å². The predicted molar refractivity (Wildman–Crippen MR) is 194 cm³/mol. The average Bonchev–Trinajstić information content (AvgIpc) is 3.80. The molecular formula is C38H47FN6O4S. The lowest BCUT2D eigenvalue weighted by Gasteiger charge is -2.38. The van der Waals surface area contributed by atoms with E-state index in [9.17, 15) is 13.8 Å². The van der Waals surface area contributed by atoms with Crippen LogP contribution in [-0.4, -0.2) is 41.3 Å². The lowest BCUT2D eigenvalue weighted by molar-refractivity contribution is 0.0523. The number of carbonyl (C=O) groups is 2. The van der Waals surface area contributed by atoms with Crippen molar-refractivity contribution in [3.8, 4) is 5.69 Å². The van der Waals surface area contributed by atoms with Crippen molar-refractivity contribution in [1.82, 2.24) is 24.8 Å². The van der Waals surface area contributed by atoms with E-state index in [1.54, 1.807) is 70.4 Å². The molecule has 1 fully saturated rings. The van der Waals surface area contributed by atoms with Gasteiger partial charge in [0.15, 0.2) is 0 Å². The number of nitrogens with zero attached hydrogens (tertiary/aromatic N) is 3. The number of hydrogen-bond acceptors (Lipinski definition) is 6. The number of halogens is 1. The van der Waals surface area contributed by atoms with Crippen LogP contribution in [0.4, 0.5) is 14.9 Å². The van der Waals surface area contributed by atoms with Gasteiger partial charge in [0, 0.05) is 18.9 Å². The maximum absolute atomic E-state index is 15.6. The van der Waals surface area contributed by atoms with Gasteiger partial charge in [-0.1, -0.05) is 37.1 Å². The summed E-state index contributed by atoms with van der Waals surface area (Å²) in [5, 5.41) is 10.1. The molecule has 1 saturated carbocycles. The summed E-state index contributed by atoms with van der Waals surface area (Å²) in [4.78, 5) is 30.5. The van der Waals surface area contributed by atoms with E-state index in [0.717, 1.165) is 30.4 Å². The lowest BCUT2D eigenvalue weighted by atomic mass is 9.80. The summed E-state index contributed by atoms with van der Waals surface area (Å²) in [6, 6.07) is 17.3. The largest absolute Gasteiger partial charge is 0.444 e. The van der Waals surface area contributed by atoms with Crippen LogP contribution in [0, 0.1) is 18.7 Å². The zero-order valence-corrected chi connectivity index (χ0v) is 30.6. The third-order valence-corrected chi connectivity index (χ3v) is 10.0. The van der Waals surface area contributed by atoms with Crippen molar-refractivity contribution in [2.45, 2.75) is 96.6 Å². The highest BCUT2D eigenvalue weighted by Gasteiger charge is 2.40. The van der Waals surface area contributed by atoms with Crippen molar-refractivity contribution in [1.29, 1.82) is 0 Å². The standard InChI is InChI=1S/C38H47FN6O4S/c1-25-20-33(45(43-25)30-12-8-10-27(21-30)23-41-35(47)49-36(2,3)4)34(46)42-32-22-28(15-16-31(32)39)38(18-17-26-13-14-26,29-11-9-19-40-24-29)44-50(48)37(5,6)7/h8-12,15-16,19-22,24,26,44H,13-14,17-18,23H2,1-7H3,(H,41,47)(H,42,46)/t38?,50-/m0/s1. The quantitative estimate of drug-likeness (QED) is 0.141. The SMILES string of the molecule is Cc1cc(C(=O)Nc2cc(C(CCC3CC3)(N[S@@](=O)C(C)(C)C)c3cccnc3)ccc2F)n(-c2cccc(CNC(=O)OC(C)(C)C)c2)n1. The molecule has 2 aromatic heterocycles. The summed E-state index contributed by atoms with van der Waals surface area (Å²) in [5.41, 5.74) is 2.00. The first-order valence-corrected chi connectivity index (χ1v) is 18.0. The Labute approximate surface area is 296 Å². The number of pyridine rings is 1. The summed E-state index contributed by atoms with van der Waals surface area (Å²) in [6.45, 7) is 13.1. The first-order valence-electron chi connectivity index (χ1n) is 16.9. The normalized spacial score (nSPS) is 15.2. The Kier molecular flexibility index (Phi) is 10.9. The van der Waals surface area contributed by atoms with Crippen molar-refractivity contribution in [3.05, 3.63) is 107 Å². The molecule has 50 heavy (non-hydrogen) atoms. The van der Waals surface area contributed by atoms with E-state index in [2.05, 4.69) is 25.4 Å². The van der Waals surface area contributed by atoms with Crippen LogP contribution >= 0.6 is 0 Å². The van der Waals surface area contributed by atoms with Crippen molar-refractivity contribution in [3.63, 3.8) is 0 Å². The molecule has 4 aromatic rings. The fraction of sp³-hybridized carbons (Fsp3) is 0.421. The number of nitrogens with one attached hydrogen (secondary N) is 3. The molecule has 0 bridgehead atoms. The molecule has 10 nitrogen and oxygen atoms in total. The highest BCUT2D eigenvalue weighted by Crippen LogP contribution is 2.42. The molecule has 0 saturated heterocycles. The number of ether oxygens (including phenoxy) is 1. The Hall–Kier alpha value is -4.42. The van der Waals surface area contributed by atoms with E-state index < -0.39 is 44.7 Å². The average molecular weight is 703 g/mol. The van der Waals surface area contributed by atoms with Gasteiger partial charge in [0.05, 0.1) is 38.3 Å². The number of rotatable bonds is 12. The van der Waals surface area contributed by atoms with Gasteiger partial charge in [-0.15, -0.1) is 0 Å². The maximum Gasteiger partial charge on any atom is 0.407 e. The van der Waals surface area contributed by atoms with Gasteiger partial charge < -0.3 is 15.4 Å². The summed E-state index contributed by atoms with van der Waals surface area (Å²) < 4.78 is 39.0. The molecule has 3 N–H and O–H groups in total. The van der Waals surface area contributed by atoms with Gasteiger partial charge in [-0.25, -0.2) is 22.8 Å². The Morgan fingerprint density at radius 1 is 1.00 bits per heavy atom. The molecule has 2 amide bonds. The van der Waals surface area contributed by atoms with Crippen LogP contribution in [0.15, 0.2) is 73.1 Å². The van der Waals surface area contributed by atoms with Gasteiger partial charge in [-0.2, -0.15) is 5.10 Å². The van der Waals surface area contributed by atoms with E-state index in [0.29, 0.717) is 29.3 Å². The Balaban J connectivity index is 1.46. The molecule has 0 aliphatic heterocycles. The zero-order chi connectivity index (χ0) is 36.3. The van der Waals surface area contributed by atoms with Gasteiger partial charge in [0.25, 0.3) is 5.91 Å². The molecule has 266 valence electrons. The summed E-state index contributed by atoms with van der Waals surface area (Å²) in [6.07, 6.45) is 6.67. The topological polar surface area (TPSA) is 127 Å². The fourth-order valence-corrected chi connectivity index (χ4v) is 6.56. The predicted octanol–water partition coefficient (Wildman–Crippen LogP) is 7.48. The van der Waals surface area contributed by atoms with Crippen molar-refractivity contribution in [2.24, 2.45) is 5.92 Å². The van der Waals surface area contributed by atoms with Crippen molar-refractivity contribution < 1.29 is 22.9 Å². The number of benzene rings is 2. The molecule has 2 atom stereocenters. The van der Waals surface area contributed by atoms with Crippen LogP contribution in [0.1, 0.15) is 100 Å². The minimum atomic E-state index is -1.49. The second-order valence-electron chi connectivity index (χ2n) is 14.9. The fourth-order valence-electron chi connectivity index (χ4n) is 5.60. The third kappa shape index (κ3) is 9.22. The molecule has 0 spiro atoms. The van der Waals surface area contributed by atoms with E-state index in [1.807, 2.05) is 45.0 Å². The number of hydrogen-bond donors (Lipinski definition) is 3. The van der Waals surface area contributed by atoms with Gasteiger partial charge in [-0.3, -0.25) is 9.78 Å². The van der Waals surface area contributed by atoms with Crippen LogP contribution in [0.5, 0.6) is 0 Å². The van der Waals surface area contributed by atoms with Crippen LogP contribution in [0.2, 0.25) is 0 Å². The maximum atomic E-state index is 15.6. The molecule has 2 aromatic carbocycles. The molecule has 1 aliphatic rings. The molecule has 1 unspecified atom stereocenters. The molecule has 0 radical (unpaired) electrons. The second kappa shape index (κ2) is 14.8. The van der Waals surface area contributed by atoms with E-state index >= 15 is 4.39 Å². The van der Waals surface area contributed by atoms with Crippen LogP contribution in [0.3, 0.4) is 0 Å². The minimum Gasteiger partial charge on any atom is -0.444 e. The molecule has 1 aliphatic carbocycles. The summed E-state index contributed by atoms with van der Waals surface area (Å²) in [7, 11) is -1.49. The van der Waals surface area contributed by atoms with E-state index in [-0.39, 0.29) is 17.9 Å². The molecule has 5 rings (SSSR count). The van der Waals surface area contributed by atoms with Gasteiger partial charge in [0.1, 0.15) is 17.1 Å². The first kappa shape index (κ1) is 36.9. The van der Waals surface area contributed by atoms with Crippen LogP contribution in [-0.2, 0) is 27.8 Å². The molecule has 2 heterocycles. The number of aryl methyl sites for hydroxylation is 1. The Bertz CT molecular complexity index is 1860. The highest BCUT2D eigenvalue weighted by atomic mass is 32.2. The molecule has 12 heteroatoms. The number of carbonyl (C=O) groups excluding carboxylic acids is 2. The zero-order valence-electron chi connectivity index (χ0n) is 29.8. The van der Waals surface area contributed by atoms with Crippen molar-refractivity contribution in [2.75, 3.05) is 5.32 Å². The van der Waals surface area contributed by atoms with Crippen LogP contribution < -0.4 is 15.4 Å². The second-order valence-corrected chi connectivity index (χ2v) is 16.8.